The quantitative estimate of drug-likeness (QED) is 0.864. The summed E-state index contributed by atoms with van der Waals surface area (Å²) < 4.78 is 0. The van der Waals surface area contributed by atoms with E-state index in [4.69, 9.17) is 0 Å². The average molecular weight is 244 g/mol. The summed E-state index contributed by atoms with van der Waals surface area (Å²) in [6.07, 6.45) is 2.52. The summed E-state index contributed by atoms with van der Waals surface area (Å²) in [5.41, 5.74) is 3.66. The molecule has 94 valence electrons. The largest absolute Gasteiger partial charge is 0.295 e. The number of hydrogen-bond acceptors (Lipinski definition) is 3. The minimum Gasteiger partial charge on any atom is -0.295 e. The Balaban J connectivity index is 1.89. The minimum atomic E-state index is -0.0632. The van der Waals surface area contributed by atoms with Gasteiger partial charge in [-0.05, 0) is 31.4 Å². The number of carbonyl (C=O) groups excluding carboxylic acids is 1. The highest BCUT2D eigenvalue weighted by Crippen LogP contribution is 2.12. The van der Waals surface area contributed by atoms with Crippen LogP contribution in [0.5, 0.6) is 0 Å². The molecule has 1 aromatic heterocycles. The predicted molar refractivity (Wildman–Crippen MR) is 69.2 cm³/mol. The van der Waals surface area contributed by atoms with Crippen LogP contribution in [0.4, 0.5) is 5.95 Å². The van der Waals surface area contributed by atoms with E-state index in [0.29, 0.717) is 12.4 Å². The van der Waals surface area contributed by atoms with Crippen molar-refractivity contribution in [1.82, 2.24) is 15.2 Å². The molecule has 2 aromatic rings. The summed E-state index contributed by atoms with van der Waals surface area (Å²) in [6.45, 7) is 4.13. The number of aromatic nitrogens is 3. The molecule has 1 heterocycles. The molecular weight excluding hydrogens is 228 g/mol. The highest BCUT2D eigenvalue weighted by Gasteiger charge is 2.06. The van der Waals surface area contributed by atoms with Crippen LogP contribution in [0.25, 0.3) is 0 Å². The van der Waals surface area contributed by atoms with Crippen LogP contribution in [0, 0.1) is 13.8 Å². The second kappa shape index (κ2) is 5.44. The van der Waals surface area contributed by atoms with E-state index in [-0.39, 0.29) is 5.91 Å². The Morgan fingerprint density at radius 3 is 2.89 bits per heavy atom. The van der Waals surface area contributed by atoms with Gasteiger partial charge in [-0.1, -0.05) is 23.8 Å². The maximum absolute atomic E-state index is 11.7. The fourth-order valence-electron chi connectivity index (χ4n) is 1.83. The van der Waals surface area contributed by atoms with E-state index < -0.39 is 0 Å². The van der Waals surface area contributed by atoms with Gasteiger partial charge < -0.3 is 0 Å². The van der Waals surface area contributed by atoms with E-state index in [1.54, 1.807) is 0 Å². The molecule has 18 heavy (non-hydrogen) atoms. The smallest absolute Gasteiger partial charge is 0.227 e. The number of carbonyl (C=O) groups is 1. The summed E-state index contributed by atoms with van der Waals surface area (Å²) in [4.78, 5) is 15.5. The number of amides is 1. The SMILES string of the molecule is Cc1ccc(CCC(=O)Nc2ncn[nH]2)c(C)c1. The third-order valence-corrected chi connectivity index (χ3v) is 2.79. The fourth-order valence-corrected chi connectivity index (χ4v) is 1.83. The minimum absolute atomic E-state index is 0.0632. The molecule has 1 amide bonds. The van der Waals surface area contributed by atoms with Crippen LogP contribution < -0.4 is 5.32 Å². The van der Waals surface area contributed by atoms with Gasteiger partial charge in [0.2, 0.25) is 11.9 Å². The number of benzene rings is 1. The molecule has 0 saturated carbocycles. The number of hydrogen-bond donors (Lipinski definition) is 2. The molecule has 0 aliphatic heterocycles. The number of anilines is 1. The van der Waals surface area contributed by atoms with Gasteiger partial charge in [-0.3, -0.25) is 10.1 Å². The molecule has 0 unspecified atom stereocenters. The van der Waals surface area contributed by atoms with E-state index >= 15 is 0 Å². The van der Waals surface area contributed by atoms with E-state index in [1.165, 1.54) is 23.0 Å². The lowest BCUT2D eigenvalue weighted by molar-refractivity contribution is -0.116. The monoisotopic (exact) mass is 244 g/mol. The van der Waals surface area contributed by atoms with Crippen molar-refractivity contribution >= 4 is 11.9 Å². The van der Waals surface area contributed by atoms with Crippen molar-refractivity contribution in [2.75, 3.05) is 5.32 Å². The molecule has 0 atom stereocenters. The summed E-state index contributed by atoms with van der Waals surface area (Å²) in [7, 11) is 0. The van der Waals surface area contributed by atoms with Crippen molar-refractivity contribution in [1.29, 1.82) is 0 Å². The Morgan fingerprint density at radius 2 is 2.22 bits per heavy atom. The molecule has 5 heteroatoms. The normalized spacial score (nSPS) is 10.3. The zero-order chi connectivity index (χ0) is 13.0. The van der Waals surface area contributed by atoms with Crippen LogP contribution in [-0.2, 0) is 11.2 Å². The lowest BCUT2D eigenvalue weighted by Crippen LogP contribution is -2.13. The third kappa shape index (κ3) is 3.16. The van der Waals surface area contributed by atoms with Gasteiger partial charge in [-0.2, -0.15) is 10.1 Å². The summed E-state index contributed by atoms with van der Waals surface area (Å²) >= 11 is 0. The second-order valence-corrected chi connectivity index (χ2v) is 4.31. The standard InChI is InChI=1S/C13H16N4O/c1-9-3-4-11(10(2)7-9)5-6-12(18)16-13-14-8-15-17-13/h3-4,7-8H,5-6H2,1-2H3,(H2,14,15,16,17,18). The number of aryl methyl sites for hydroxylation is 3. The van der Waals surface area contributed by atoms with Crippen molar-refractivity contribution in [2.45, 2.75) is 26.7 Å². The van der Waals surface area contributed by atoms with Gasteiger partial charge in [0, 0.05) is 6.42 Å². The van der Waals surface area contributed by atoms with E-state index in [2.05, 4.69) is 52.5 Å². The molecule has 0 fully saturated rings. The molecule has 2 rings (SSSR count). The summed E-state index contributed by atoms with van der Waals surface area (Å²) in [5.74, 6) is 0.326. The van der Waals surface area contributed by atoms with Crippen LogP contribution in [0.1, 0.15) is 23.1 Å². The van der Waals surface area contributed by atoms with E-state index in [9.17, 15) is 4.79 Å². The maximum atomic E-state index is 11.7. The lowest BCUT2D eigenvalue weighted by Gasteiger charge is -2.06. The fraction of sp³-hybridized carbons (Fsp3) is 0.308. The summed E-state index contributed by atoms with van der Waals surface area (Å²) in [5, 5.41) is 8.91. The van der Waals surface area contributed by atoms with Crippen molar-refractivity contribution in [3.05, 3.63) is 41.2 Å². The van der Waals surface area contributed by atoms with Gasteiger partial charge in [0.15, 0.2) is 0 Å². The van der Waals surface area contributed by atoms with E-state index in [1.807, 2.05) is 0 Å². The van der Waals surface area contributed by atoms with Gasteiger partial charge in [0.1, 0.15) is 6.33 Å². The van der Waals surface area contributed by atoms with Crippen molar-refractivity contribution in [3.8, 4) is 0 Å². The third-order valence-electron chi connectivity index (χ3n) is 2.79. The molecule has 0 radical (unpaired) electrons. The van der Waals surface area contributed by atoms with Crippen LogP contribution in [0.15, 0.2) is 24.5 Å². The van der Waals surface area contributed by atoms with Gasteiger partial charge >= 0.3 is 0 Å². The van der Waals surface area contributed by atoms with Crippen LogP contribution in [-0.4, -0.2) is 21.1 Å². The highest BCUT2D eigenvalue weighted by molar-refractivity contribution is 5.88. The zero-order valence-electron chi connectivity index (χ0n) is 10.5. The van der Waals surface area contributed by atoms with Gasteiger partial charge in [-0.15, -0.1) is 0 Å². The molecule has 0 aliphatic rings. The first-order chi connectivity index (χ1) is 8.65. The first-order valence-electron chi connectivity index (χ1n) is 5.86. The predicted octanol–water partition coefficient (Wildman–Crippen LogP) is 1.99. The Morgan fingerprint density at radius 1 is 1.39 bits per heavy atom. The van der Waals surface area contributed by atoms with Gasteiger partial charge in [-0.25, -0.2) is 5.10 Å². The number of rotatable bonds is 4. The van der Waals surface area contributed by atoms with Gasteiger partial charge in [0.05, 0.1) is 0 Å². The van der Waals surface area contributed by atoms with E-state index in [0.717, 1.165) is 6.42 Å². The summed E-state index contributed by atoms with van der Waals surface area (Å²) in [6, 6.07) is 6.27. The van der Waals surface area contributed by atoms with Crippen molar-refractivity contribution < 1.29 is 4.79 Å². The molecule has 5 nitrogen and oxygen atoms in total. The molecule has 0 aliphatic carbocycles. The first-order valence-corrected chi connectivity index (χ1v) is 5.86. The molecule has 1 aromatic carbocycles. The van der Waals surface area contributed by atoms with Crippen LogP contribution >= 0.6 is 0 Å². The topological polar surface area (TPSA) is 70.7 Å². The molecule has 0 saturated heterocycles. The molecule has 2 N–H and O–H groups in total. The Hall–Kier alpha value is -2.17. The Bertz CT molecular complexity index is 534. The Labute approximate surface area is 106 Å². The second-order valence-electron chi connectivity index (χ2n) is 4.31. The molecule has 0 spiro atoms. The van der Waals surface area contributed by atoms with Crippen molar-refractivity contribution in [2.24, 2.45) is 0 Å². The van der Waals surface area contributed by atoms with Crippen LogP contribution in [0.3, 0.4) is 0 Å². The number of H-pyrrole nitrogens is 1. The van der Waals surface area contributed by atoms with Gasteiger partial charge in [0.25, 0.3) is 0 Å². The van der Waals surface area contributed by atoms with Crippen LogP contribution in [0.2, 0.25) is 0 Å². The molecular formula is C13H16N4O. The number of aromatic amines is 1. The zero-order valence-corrected chi connectivity index (χ0v) is 10.5. The number of nitrogens with zero attached hydrogens (tertiary/aromatic N) is 2. The average Bonchev–Trinajstić information content (AvgIpc) is 2.80. The van der Waals surface area contributed by atoms with Crippen molar-refractivity contribution in [3.63, 3.8) is 0 Å². The Kier molecular flexibility index (Phi) is 3.72. The lowest BCUT2D eigenvalue weighted by atomic mass is 10.0. The number of nitrogens with one attached hydrogen (secondary N) is 2. The maximum Gasteiger partial charge on any atom is 0.227 e. The first kappa shape index (κ1) is 12.3. The highest BCUT2D eigenvalue weighted by atomic mass is 16.1. The molecule has 0 bridgehead atoms.